The van der Waals surface area contributed by atoms with E-state index in [4.69, 9.17) is 24.7 Å². The predicted molar refractivity (Wildman–Crippen MR) is 53.0 cm³/mol. The van der Waals surface area contributed by atoms with Crippen molar-refractivity contribution in [2.45, 2.75) is 18.3 Å². The normalized spacial score (nSPS) is 18.1. The molecule has 0 fully saturated rings. The summed E-state index contributed by atoms with van der Waals surface area (Å²) < 4.78 is 28.7. The Labute approximate surface area is 100 Å². The quantitative estimate of drug-likeness (QED) is 0.205. The zero-order valence-corrected chi connectivity index (χ0v) is 10.4. The first kappa shape index (κ1) is 17.8. The van der Waals surface area contributed by atoms with E-state index in [-0.39, 0.29) is 6.29 Å². The largest absolute Gasteiger partial charge is 0.470 e. The molecule has 0 amide bonds. The molecule has 13 heteroatoms. The topological polar surface area (TPSA) is 191 Å². The summed E-state index contributed by atoms with van der Waals surface area (Å²) in [5.41, 5.74) is 0. The van der Waals surface area contributed by atoms with Crippen molar-refractivity contribution < 1.29 is 52.8 Å². The van der Waals surface area contributed by atoms with Crippen LogP contribution in [0.4, 0.5) is 0 Å². The van der Waals surface area contributed by atoms with Crippen LogP contribution in [0.25, 0.3) is 0 Å². The number of aliphatic hydroxyl groups is 2. The Hall–Kier alpha value is -0.190. The van der Waals surface area contributed by atoms with Gasteiger partial charge in [-0.3, -0.25) is 9.05 Å². The van der Waals surface area contributed by atoms with Crippen molar-refractivity contribution in [2.75, 3.05) is 6.61 Å². The minimum atomic E-state index is -5.13. The molecule has 0 heterocycles. The lowest BCUT2D eigenvalue weighted by Gasteiger charge is -2.24. The number of aliphatic hydroxyl groups excluding tert-OH is 2. The van der Waals surface area contributed by atoms with Crippen LogP contribution in [0.1, 0.15) is 0 Å². The Bertz CT molecular complexity index is 356. The third-order valence-corrected chi connectivity index (χ3v) is 2.58. The van der Waals surface area contributed by atoms with Crippen LogP contribution in [0.3, 0.4) is 0 Å². The van der Waals surface area contributed by atoms with Gasteiger partial charge in [0.05, 0.1) is 6.61 Å². The van der Waals surface area contributed by atoms with E-state index in [0.717, 1.165) is 0 Å². The summed E-state index contributed by atoms with van der Waals surface area (Å²) >= 11 is 0. The fourth-order valence-electron chi connectivity index (χ4n) is 0.839. The van der Waals surface area contributed by atoms with Gasteiger partial charge in [-0.25, -0.2) is 9.13 Å². The average Bonchev–Trinajstić information content (AvgIpc) is 2.19. The van der Waals surface area contributed by atoms with Gasteiger partial charge >= 0.3 is 15.6 Å². The van der Waals surface area contributed by atoms with Crippen molar-refractivity contribution in [3.63, 3.8) is 0 Å². The van der Waals surface area contributed by atoms with Crippen molar-refractivity contribution in [3.8, 4) is 0 Å². The van der Waals surface area contributed by atoms with Crippen LogP contribution in [0, 0.1) is 0 Å². The molecule has 0 saturated heterocycles. The van der Waals surface area contributed by atoms with Gasteiger partial charge in [0.1, 0.15) is 18.3 Å². The zero-order valence-electron chi connectivity index (χ0n) is 8.64. The molecule has 18 heavy (non-hydrogen) atoms. The molecule has 3 atom stereocenters. The van der Waals surface area contributed by atoms with E-state index in [1.165, 1.54) is 0 Å². The second-order valence-electron chi connectivity index (χ2n) is 3.04. The molecule has 0 rings (SSSR count). The number of carbonyl (C=O) groups excluding carboxylic acids is 1. The number of carbonyl (C=O) groups is 1. The van der Waals surface area contributed by atoms with Crippen LogP contribution in [0.15, 0.2) is 0 Å². The second-order valence-corrected chi connectivity index (χ2v) is 5.47. The SMILES string of the molecule is O=C[C@H](O)[C@@H](O)[C@H](COP(=O)(O)O)OP(=O)(O)O. The maximum Gasteiger partial charge on any atom is 0.470 e. The molecule has 0 bridgehead atoms. The summed E-state index contributed by atoms with van der Waals surface area (Å²) in [5.74, 6) is 0. The average molecular weight is 310 g/mol. The molecule has 0 unspecified atom stereocenters. The molecule has 6 N–H and O–H groups in total. The van der Waals surface area contributed by atoms with Gasteiger partial charge in [-0.05, 0) is 0 Å². The van der Waals surface area contributed by atoms with Crippen LogP contribution in [0.5, 0.6) is 0 Å². The van der Waals surface area contributed by atoms with Gasteiger partial charge in [0.25, 0.3) is 0 Å². The Morgan fingerprint density at radius 1 is 1.06 bits per heavy atom. The maximum absolute atomic E-state index is 10.5. The monoisotopic (exact) mass is 310 g/mol. The van der Waals surface area contributed by atoms with Crippen molar-refractivity contribution in [2.24, 2.45) is 0 Å². The van der Waals surface area contributed by atoms with Gasteiger partial charge in [0, 0.05) is 0 Å². The molecular weight excluding hydrogens is 298 g/mol. The lowest BCUT2D eigenvalue weighted by molar-refractivity contribution is -0.127. The lowest BCUT2D eigenvalue weighted by Crippen LogP contribution is -2.42. The third-order valence-electron chi connectivity index (χ3n) is 1.55. The molecule has 0 aromatic carbocycles. The maximum atomic E-state index is 10.5. The van der Waals surface area contributed by atoms with Crippen LogP contribution < -0.4 is 0 Å². The zero-order chi connectivity index (χ0) is 14.6. The van der Waals surface area contributed by atoms with Gasteiger partial charge in [-0.1, -0.05) is 0 Å². The first-order chi connectivity index (χ1) is 7.96. The first-order valence-electron chi connectivity index (χ1n) is 4.22. The molecule has 0 saturated carbocycles. The molecule has 0 aliphatic carbocycles. The highest BCUT2D eigenvalue weighted by Gasteiger charge is 2.34. The number of hydrogen-bond acceptors (Lipinski definition) is 7. The summed E-state index contributed by atoms with van der Waals surface area (Å²) in [6.45, 7) is -1.15. The van der Waals surface area contributed by atoms with E-state index in [2.05, 4.69) is 9.05 Å². The van der Waals surface area contributed by atoms with Crippen molar-refractivity contribution in [3.05, 3.63) is 0 Å². The standard InChI is InChI=1S/C5H12O11P2/c6-1-3(7)5(8)4(16-18(12,13)14)2-15-17(9,10)11/h1,3-5,7-8H,2H2,(H2,9,10,11)(H2,12,13,14)/t3-,4-,5+/m0/s1. The fourth-order valence-corrected chi connectivity index (χ4v) is 1.72. The van der Waals surface area contributed by atoms with Crippen LogP contribution in [-0.2, 0) is 23.0 Å². The van der Waals surface area contributed by atoms with Crippen molar-refractivity contribution >= 4 is 21.9 Å². The highest BCUT2D eigenvalue weighted by molar-refractivity contribution is 7.46. The van der Waals surface area contributed by atoms with Gasteiger partial charge in [-0.2, -0.15) is 0 Å². The highest BCUT2D eigenvalue weighted by Crippen LogP contribution is 2.41. The van der Waals surface area contributed by atoms with Crippen molar-refractivity contribution in [1.82, 2.24) is 0 Å². The van der Waals surface area contributed by atoms with Crippen LogP contribution >= 0.6 is 15.6 Å². The summed E-state index contributed by atoms with van der Waals surface area (Å²) in [5, 5.41) is 18.2. The Morgan fingerprint density at radius 2 is 1.56 bits per heavy atom. The summed E-state index contributed by atoms with van der Waals surface area (Å²) in [4.78, 5) is 43.9. The Kier molecular flexibility index (Phi) is 6.75. The molecule has 0 aromatic rings. The third kappa shape index (κ3) is 8.01. The number of phosphoric acid groups is 2. The number of rotatable bonds is 8. The highest BCUT2D eigenvalue weighted by atomic mass is 31.2. The van der Waals surface area contributed by atoms with E-state index in [1.54, 1.807) is 0 Å². The fraction of sp³-hybridized carbons (Fsp3) is 0.800. The Balaban J connectivity index is 4.77. The minimum Gasteiger partial charge on any atom is -0.387 e. The van der Waals surface area contributed by atoms with Gasteiger partial charge in [0.2, 0.25) is 0 Å². The Morgan fingerprint density at radius 3 is 1.89 bits per heavy atom. The smallest absolute Gasteiger partial charge is 0.387 e. The van der Waals surface area contributed by atoms with E-state index < -0.39 is 40.6 Å². The van der Waals surface area contributed by atoms with Gasteiger partial charge in [0.15, 0.2) is 6.29 Å². The van der Waals surface area contributed by atoms with E-state index in [9.17, 15) is 19.0 Å². The van der Waals surface area contributed by atoms with Crippen LogP contribution in [0.2, 0.25) is 0 Å². The van der Waals surface area contributed by atoms with E-state index in [1.807, 2.05) is 0 Å². The van der Waals surface area contributed by atoms with Crippen LogP contribution in [-0.4, -0.2) is 61.0 Å². The summed E-state index contributed by atoms with van der Waals surface area (Å²) in [6, 6.07) is 0. The second kappa shape index (κ2) is 6.83. The summed E-state index contributed by atoms with van der Waals surface area (Å²) in [7, 11) is -10.1. The van der Waals surface area contributed by atoms with Gasteiger partial charge in [-0.15, -0.1) is 0 Å². The van der Waals surface area contributed by atoms with E-state index >= 15 is 0 Å². The van der Waals surface area contributed by atoms with E-state index in [0.29, 0.717) is 0 Å². The predicted octanol–water partition coefficient (Wildman–Crippen LogP) is -2.51. The molecular formula is C5H12O11P2. The number of aldehydes is 1. The number of phosphoric ester groups is 2. The molecule has 11 nitrogen and oxygen atoms in total. The molecule has 0 spiro atoms. The molecule has 0 aliphatic heterocycles. The van der Waals surface area contributed by atoms with Gasteiger partial charge < -0.3 is 34.6 Å². The minimum absolute atomic E-state index is 0.155. The molecule has 0 aromatic heterocycles. The summed E-state index contributed by atoms with van der Waals surface area (Å²) in [6.07, 6.45) is -6.37. The molecule has 0 aliphatic rings. The first-order valence-corrected chi connectivity index (χ1v) is 7.28. The number of hydrogen-bond donors (Lipinski definition) is 6. The molecule has 0 radical (unpaired) electrons. The molecule has 108 valence electrons. The lowest BCUT2D eigenvalue weighted by atomic mass is 10.1. The van der Waals surface area contributed by atoms with Crippen molar-refractivity contribution in [1.29, 1.82) is 0 Å².